The minimum absolute atomic E-state index is 0.00662. The van der Waals surface area contributed by atoms with E-state index in [2.05, 4.69) is 4.90 Å². The second-order valence-electron chi connectivity index (χ2n) is 6.92. The number of likely N-dealkylation sites (tertiary alicyclic amines) is 2. The van der Waals surface area contributed by atoms with Crippen LogP contribution in [0.5, 0.6) is 0 Å². The zero-order chi connectivity index (χ0) is 17.2. The Balaban J connectivity index is 1.58. The molecule has 0 spiro atoms. The molecule has 0 aliphatic carbocycles. The monoisotopic (exact) mass is 350 g/mol. The van der Waals surface area contributed by atoms with Crippen LogP contribution in [0.4, 0.5) is 0 Å². The van der Waals surface area contributed by atoms with Gasteiger partial charge in [-0.25, -0.2) is 8.42 Å². The highest BCUT2D eigenvalue weighted by Crippen LogP contribution is 2.22. The van der Waals surface area contributed by atoms with Gasteiger partial charge in [-0.3, -0.25) is 4.79 Å². The van der Waals surface area contributed by atoms with E-state index < -0.39 is 9.84 Å². The molecule has 0 N–H and O–H groups in total. The van der Waals surface area contributed by atoms with Gasteiger partial charge < -0.3 is 9.80 Å². The summed E-state index contributed by atoms with van der Waals surface area (Å²) in [4.78, 5) is 17.3. The smallest absolute Gasteiger partial charge is 0.253 e. The van der Waals surface area contributed by atoms with Gasteiger partial charge in [0.15, 0.2) is 9.84 Å². The molecule has 1 aromatic rings. The molecule has 0 aromatic heterocycles. The Morgan fingerprint density at radius 1 is 0.958 bits per heavy atom. The van der Waals surface area contributed by atoms with Crippen molar-refractivity contribution in [1.29, 1.82) is 0 Å². The topological polar surface area (TPSA) is 57.7 Å². The standard InChI is InChI=1S/C18H26N2O3S/c1-24(22,23)17-7-5-15(6-8-17)18(21)20-13-9-16(10-14-20)19-11-3-2-4-12-19/h5-8,16H,2-4,9-14H2,1H3. The molecule has 1 amide bonds. The minimum atomic E-state index is -3.22. The molecule has 5 nitrogen and oxygen atoms in total. The van der Waals surface area contributed by atoms with Crippen molar-refractivity contribution < 1.29 is 13.2 Å². The van der Waals surface area contributed by atoms with Gasteiger partial charge in [-0.15, -0.1) is 0 Å². The fourth-order valence-electron chi connectivity index (χ4n) is 3.74. The highest BCUT2D eigenvalue weighted by atomic mass is 32.2. The van der Waals surface area contributed by atoms with Crippen molar-refractivity contribution in [2.24, 2.45) is 0 Å². The number of hydrogen-bond acceptors (Lipinski definition) is 4. The fourth-order valence-corrected chi connectivity index (χ4v) is 4.38. The van der Waals surface area contributed by atoms with Gasteiger partial charge in [-0.2, -0.15) is 0 Å². The number of sulfone groups is 1. The van der Waals surface area contributed by atoms with E-state index in [1.54, 1.807) is 12.1 Å². The van der Waals surface area contributed by atoms with Crippen LogP contribution in [0.25, 0.3) is 0 Å². The first-order chi connectivity index (χ1) is 11.4. The second-order valence-corrected chi connectivity index (χ2v) is 8.93. The third kappa shape index (κ3) is 3.98. The van der Waals surface area contributed by atoms with E-state index in [9.17, 15) is 13.2 Å². The Morgan fingerprint density at radius 3 is 2.08 bits per heavy atom. The van der Waals surface area contributed by atoms with Gasteiger partial charge in [0.25, 0.3) is 5.91 Å². The van der Waals surface area contributed by atoms with E-state index in [1.165, 1.54) is 50.7 Å². The molecule has 0 atom stereocenters. The number of benzene rings is 1. The number of carbonyl (C=O) groups excluding carboxylic acids is 1. The average Bonchev–Trinajstić information content (AvgIpc) is 2.61. The molecular weight excluding hydrogens is 324 g/mol. The summed E-state index contributed by atoms with van der Waals surface area (Å²) in [6, 6.07) is 6.89. The van der Waals surface area contributed by atoms with Gasteiger partial charge in [-0.05, 0) is 63.0 Å². The predicted molar refractivity (Wildman–Crippen MR) is 93.9 cm³/mol. The summed E-state index contributed by atoms with van der Waals surface area (Å²) in [5, 5.41) is 0. The molecule has 0 bridgehead atoms. The van der Waals surface area contributed by atoms with Gasteiger partial charge in [0, 0.05) is 31.0 Å². The lowest BCUT2D eigenvalue weighted by Crippen LogP contribution is -2.48. The molecule has 0 radical (unpaired) electrons. The van der Waals surface area contributed by atoms with Crippen LogP contribution in [-0.2, 0) is 9.84 Å². The molecule has 24 heavy (non-hydrogen) atoms. The quantitative estimate of drug-likeness (QED) is 0.838. The fraction of sp³-hybridized carbons (Fsp3) is 0.611. The van der Waals surface area contributed by atoms with Crippen LogP contribution in [0.2, 0.25) is 0 Å². The van der Waals surface area contributed by atoms with Gasteiger partial charge >= 0.3 is 0 Å². The van der Waals surface area contributed by atoms with Crippen LogP contribution in [0, 0.1) is 0 Å². The maximum absolute atomic E-state index is 12.6. The number of carbonyl (C=O) groups is 1. The summed E-state index contributed by atoms with van der Waals surface area (Å²) in [7, 11) is -3.22. The van der Waals surface area contributed by atoms with Crippen LogP contribution in [0.15, 0.2) is 29.2 Å². The van der Waals surface area contributed by atoms with E-state index in [4.69, 9.17) is 0 Å². The Hall–Kier alpha value is -1.40. The summed E-state index contributed by atoms with van der Waals surface area (Å²) >= 11 is 0. The molecule has 2 aliphatic heterocycles. The Kier molecular flexibility index (Phi) is 5.25. The van der Waals surface area contributed by atoms with Crippen molar-refractivity contribution >= 4 is 15.7 Å². The molecular formula is C18H26N2O3S. The lowest BCUT2D eigenvalue weighted by atomic mass is 9.99. The zero-order valence-corrected chi connectivity index (χ0v) is 15.1. The first kappa shape index (κ1) is 17.4. The molecule has 2 fully saturated rings. The summed E-state index contributed by atoms with van der Waals surface area (Å²) < 4.78 is 23.0. The Bertz CT molecular complexity index is 671. The highest BCUT2D eigenvalue weighted by Gasteiger charge is 2.28. The van der Waals surface area contributed by atoms with Crippen molar-refractivity contribution in [3.8, 4) is 0 Å². The van der Waals surface area contributed by atoms with Crippen LogP contribution in [0.1, 0.15) is 42.5 Å². The Labute approximate surface area is 144 Å². The van der Waals surface area contributed by atoms with E-state index in [0.717, 1.165) is 25.9 Å². The summed E-state index contributed by atoms with van der Waals surface area (Å²) in [6.45, 7) is 3.97. The van der Waals surface area contributed by atoms with Crippen molar-refractivity contribution in [3.63, 3.8) is 0 Å². The molecule has 3 rings (SSSR count). The average molecular weight is 350 g/mol. The molecule has 2 heterocycles. The molecule has 0 unspecified atom stereocenters. The molecule has 2 saturated heterocycles. The molecule has 2 aliphatic rings. The van der Waals surface area contributed by atoms with Crippen LogP contribution < -0.4 is 0 Å². The van der Waals surface area contributed by atoms with E-state index in [-0.39, 0.29) is 10.8 Å². The lowest BCUT2D eigenvalue weighted by Gasteiger charge is -2.40. The third-order valence-electron chi connectivity index (χ3n) is 5.19. The van der Waals surface area contributed by atoms with Gasteiger partial charge in [0.05, 0.1) is 4.90 Å². The molecule has 0 saturated carbocycles. The van der Waals surface area contributed by atoms with Crippen molar-refractivity contribution in [3.05, 3.63) is 29.8 Å². The van der Waals surface area contributed by atoms with E-state index in [1.807, 2.05) is 4.90 Å². The number of amides is 1. The van der Waals surface area contributed by atoms with Crippen molar-refractivity contribution in [2.75, 3.05) is 32.4 Å². The van der Waals surface area contributed by atoms with E-state index in [0.29, 0.717) is 11.6 Å². The van der Waals surface area contributed by atoms with Crippen molar-refractivity contribution in [2.45, 2.75) is 43.0 Å². The lowest BCUT2D eigenvalue weighted by molar-refractivity contribution is 0.0590. The van der Waals surface area contributed by atoms with E-state index >= 15 is 0 Å². The number of hydrogen-bond donors (Lipinski definition) is 0. The number of rotatable bonds is 3. The maximum Gasteiger partial charge on any atom is 0.253 e. The third-order valence-corrected chi connectivity index (χ3v) is 6.32. The van der Waals surface area contributed by atoms with Gasteiger partial charge in [0.1, 0.15) is 0 Å². The van der Waals surface area contributed by atoms with Crippen molar-refractivity contribution in [1.82, 2.24) is 9.80 Å². The van der Waals surface area contributed by atoms with Crippen LogP contribution >= 0.6 is 0 Å². The van der Waals surface area contributed by atoms with Gasteiger partial charge in [0.2, 0.25) is 0 Å². The highest BCUT2D eigenvalue weighted by molar-refractivity contribution is 7.90. The largest absolute Gasteiger partial charge is 0.339 e. The summed E-state index contributed by atoms with van der Waals surface area (Å²) in [5.41, 5.74) is 0.568. The second kappa shape index (κ2) is 7.23. The number of nitrogens with zero attached hydrogens (tertiary/aromatic N) is 2. The van der Waals surface area contributed by atoms with Gasteiger partial charge in [-0.1, -0.05) is 6.42 Å². The summed E-state index contributed by atoms with van der Waals surface area (Å²) in [5.74, 6) is 0.00662. The predicted octanol–water partition coefficient (Wildman–Crippen LogP) is 2.18. The molecule has 1 aromatic carbocycles. The normalized spacial score (nSPS) is 21.0. The Morgan fingerprint density at radius 2 is 1.54 bits per heavy atom. The minimum Gasteiger partial charge on any atom is -0.339 e. The number of piperidine rings is 2. The zero-order valence-electron chi connectivity index (χ0n) is 14.3. The SMILES string of the molecule is CS(=O)(=O)c1ccc(C(=O)N2CCC(N3CCCCC3)CC2)cc1. The maximum atomic E-state index is 12.6. The first-order valence-corrected chi connectivity index (χ1v) is 10.7. The first-order valence-electron chi connectivity index (χ1n) is 8.78. The van der Waals surface area contributed by atoms with Crippen LogP contribution in [-0.4, -0.2) is 62.6 Å². The molecule has 6 heteroatoms. The van der Waals surface area contributed by atoms with Crippen LogP contribution in [0.3, 0.4) is 0 Å². The molecule has 132 valence electrons. The summed E-state index contributed by atoms with van der Waals surface area (Å²) in [6.07, 6.45) is 7.19.